The second-order valence-corrected chi connectivity index (χ2v) is 6.49. The lowest BCUT2D eigenvalue weighted by atomic mass is 10.1. The first-order valence-electron chi connectivity index (χ1n) is 8.15. The molecular weight excluding hydrogens is 276 g/mol. The minimum absolute atomic E-state index is 0.372. The summed E-state index contributed by atoms with van der Waals surface area (Å²) in [4.78, 5) is 13.7. The van der Waals surface area contributed by atoms with Gasteiger partial charge in [-0.15, -0.1) is 0 Å². The van der Waals surface area contributed by atoms with Crippen molar-refractivity contribution >= 4 is 16.9 Å². The van der Waals surface area contributed by atoms with Gasteiger partial charge in [-0.25, -0.2) is 4.79 Å². The molecule has 0 aliphatic carbocycles. The van der Waals surface area contributed by atoms with E-state index in [9.17, 15) is 9.90 Å². The molecule has 4 heteroatoms. The summed E-state index contributed by atoms with van der Waals surface area (Å²) in [6.07, 6.45) is 5.80. The standard InChI is InChI=1S/C18H24N2O2/c1-13(2)20-12-15(7-10-19-8-3-4-9-19)16-11-14(18(21)22)5-6-17(16)20/h5-6,11-13H,3-4,7-10H2,1-2H3,(H,21,22). The quantitative estimate of drug-likeness (QED) is 0.918. The third kappa shape index (κ3) is 2.88. The number of likely N-dealkylation sites (tertiary alicyclic amines) is 1. The van der Waals surface area contributed by atoms with Crippen molar-refractivity contribution in [1.29, 1.82) is 0 Å². The molecule has 1 aliphatic rings. The fourth-order valence-corrected chi connectivity index (χ4v) is 3.37. The van der Waals surface area contributed by atoms with E-state index < -0.39 is 5.97 Å². The van der Waals surface area contributed by atoms with Gasteiger partial charge in [-0.3, -0.25) is 0 Å². The first-order chi connectivity index (χ1) is 10.6. The Labute approximate surface area is 131 Å². The van der Waals surface area contributed by atoms with Crippen molar-refractivity contribution in [3.05, 3.63) is 35.5 Å². The minimum atomic E-state index is -0.857. The molecule has 1 N–H and O–H groups in total. The van der Waals surface area contributed by atoms with E-state index in [-0.39, 0.29) is 0 Å². The molecule has 0 spiro atoms. The highest BCUT2D eigenvalue weighted by Gasteiger charge is 2.16. The van der Waals surface area contributed by atoms with Crippen LogP contribution in [0.3, 0.4) is 0 Å². The molecule has 2 heterocycles. The Morgan fingerprint density at radius 1 is 1.27 bits per heavy atom. The second kappa shape index (κ2) is 6.13. The van der Waals surface area contributed by atoms with Crippen LogP contribution in [0.15, 0.2) is 24.4 Å². The molecule has 3 rings (SSSR count). The number of hydrogen-bond donors (Lipinski definition) is 1. The van der Waals surface area contributed by atoms with Crippen LogP contribution in [0.1, 0.15) is 48.7 Å². The number of carbonyl (C=O) groups is 1. The monoisotopic (exact) mass is 300 g/mol. The maximum absolute atomic E-state index is 11.2. The fourth-order valence-electron chi connectivity index (χ4n) is 3.37. The van der Waals surface area contributed by atoms with Gasteiger partial charge in [-0.05, 0) is 70.0 Å². The molecule has 1 fully saturated rings. The third-order valence-electron chi connectivity index (χ3n) is 4.61. The molecule has 1 aromatic carbocycles. The van der Waals surface area contributed by atoms with Crippen molar-refractivity contribution in [2.45, 2.75) is 39.2 Å². The predicted molar refractivity (Wildman–Crippen MR) is 88.7 cm³/mol. The van der Waals surface area contributed by atoms with E-state index in [1.54, 1.807) is 6.07 Å². The molecule has 0 atom stereocenters. The normalized spacial score (nSPS) is 16.0. The minimum Gasteiger partial charge on any atom is -0.478 e. The molecule has 1 aromatic heterocycles. The summed E-state index contributed by atoms with van der Waals surface area (Å²) in [6, 6.07) is 5.85. The summed E-state index contributed by atoms with van der Waals surface area (Å²) in [7, 11) is 0. The van der Waals surface area contributed by atoms with Crippen LogP contribution in [0, 0.1) is 0 Å². The molecule has 4 nitrogen and oxygen atoms in total. The zero-order valence-corrected chi connectivity index (χ0v) is 13.4. The highest BCUT2D eigenvalue weighted by Crippen LogP contribution is 2.27. The predicted octanol–water partition coefficient (Wildman–Crippen LogP) is 3.56. The molecule has 0 radical (unpaired) electrons. The van der Waals surface area contributed by atoms with E-state index in [0.717, 1.165) is 23.9 Å². The van der Waals surface area contributed by atoms with Gasteiger partial charge in [-0.2, -0.15) is 0 Å². The number of aromatic carboxylic acids is 1. The van der Waals surface area contributed by atoms with Crippen LogP contribution in [0.25, 0.3) is 10.9 Å². The molecule has 1 saturated heterocycles. The van der Waals surface area contributed by atoms with E-state index in [1.807, 2.05) is 12.1 Å². The van der Waals surface area contributed by atoms with Gasteiger partial charge in [0, 0.05) is 29.7 Å². The Morgan fingerprint density at radius 3 is 2.64 bits per heavy atom. The smallest absolute Gasteiger partial charge is 0.335 e. The van der Waals surface area contributed by atoms with Crippen molar-refractivity contribution in [3.63, 3.8) is 0 Å². The summed E-state index contributed by atoms with van der Waals surface area (Å²) in [5.74, 6) is -0.857. The zero-order valence-electron chi connectivity index (χ0n) is 13.4. The number of carboxylic acid groups (broad SMARTS) is 1. The maximum Gasteiger partial charge on any atom is 0.335 e. The van der Waals surface area contributed by atoms with Crippen LogP contribution in [0.5, 0.6) is 0 Å². The number of aromatic nitrogens is 1. The summed E-state index contributed by atoms with van der Waals surface area (Å²) in [6.45, 7) is 7.78. The van der Waals surface area contributed by atoms with Gasteiger partial charge in [0.1, 0.15) is 0 Å². The van der Waals surface area contributed by atoms with Gasteiger partial charge < -0.3 is 14.6 Å². The number of benzene rings is 1. The van der Waals surface area contributed by atoms with E-state index in [1.165, 1.54) is 31.5 Å². The molecule has 2 aromatic rings. The van der Waals surface area contributed by atoms with Gasteiger partial charge in [-0.1, -0.05) is 0 Å². The van der Waals surface area contributed by atoms with Crippen molar-refractivity contribution < 1.29 is 9.90 Å². The lowest BCUT2D eigenvalue weighted by Crippen LogP contribution is -2.21. The molecule has 0 bridgehead atoms. The SMILES string of the molecule is CC(C)n1cc(CCN2CCCC2)c2cc(C(=O)O)ccc21. The van der Waals surface area contributed by atoms with Crippen molar-refractivity contribution in [2.75, 3.05) is 19.6 Å². The molecule has 0 amide bonds. The first-order valence-corrected chi connectivity index (χ1v) is 8.15. The molecule has 118 valence electrons. The van der Waals surface area contributed by atoms with Gasteiger partial charge in [0.05, 0.1) is 5.56 Å². The number of fused-ring (bicyclic) bond motifs is 1. The third-order valence-corrected chi connectivity index (χ3v) is 4.61. The Bertz CT molecular complexity index is 682. The molecular formula is C18H24N2O2. The van der Waals surface area contributed by atoms with Crippen LogP contribution in [0.4, 0.5) is 0 Å². The van der Waals surface area contributed by atoms with Gasteiger partial charge in [0.2, 0.25) is 0 Å². The van der Waals surface area contributed by atoms with E-state index in [0.29, 0.717) is 11.6 Å². The van der Waals surface area contributed by atoms with Crippen LogP contribution >= 0.6 is 0 Å². The van der Waals surface area contributed by atoms with Gasteiger partial charge in [0.25, 0.3) is 0 Å². The van der Waals surface area contributed by atoms with E-state index in [2.05, 4.69) is 29.5 Å². The van der Waals surface area contributed by atoms with Gasteiger partial charge in [0.15, 0.2) is 0 Å². The van der Waals surface area contributed by atoms with Crippen LogP contribution in [-0.2, 0) is 6.42 Å². The lowest BCUT2D eigenvalue weighted by Gasteiger charge is -2.13. The molecule has 22 heavy (non-hydrogen) atoms. The average molecular weight is 300 g/mol. The lowest BCUT2D eigenvalue weighted by molar-refractivity contribution is 0.0697. The second-order valence-electron chi connectivity index (χ2n) is 6.49. The zero-order chi connectivity index (χ0) is 15.7. The van der Waals surface area contributed by atoms with Crippen LogP contribution in [0.2, 0.25) is 0 Å². The largest absolute Gasteiger partial charge is 0.478 e. The highest BCUT2D eigenvalue weighted by atomic mass is 16.4. The summed E-state index contributed by atoms with van der Waals surface area (Å²) in [5.41, 5.74) is 2.77. The number of rotatable bonds is 5. The summed E-state index contributed by atoms with van der Waals surface area (Å²) >= 11 is 0. The highest BCUT2D eigenvalue weighted by molar-refractivity contribution is 5.95. The van der Waals surface area contributed by atoms with Crippen molar-refractivity contribution in [3.8, 4) is 0 Å². The number of nitrogens with zero attached hydrogens (tertiary/aromatic N) is 2. The fraction of sp³-hybridized carbons (Fsp3) is 0.500. The maximum atomic E-state index is 11.2. The summed E-state index contributed by atoms with van der Waals surface area (Å²) < 4.78 is 2.25. The Morgan fingerprint density at radius 2 is 2.00 bits per heavy atom. The Balaban J connectivity index is 1.95. The van der Waals surface area contributed by atoms with E-state index in [4.69, 9.17) is 0 Å². The summed E-state index contributed by atoms with van der Waals surface area (Å²) in [5, 5.41) is 10.3. The Hall–Kier alpha value is -1.81. The van der Waals surface area contributed by atoms with Crippen LogP contribution in [-0.4, -0.2) is 40.2 Å². The molecule has 0 saturated carbocycles. The van der Waals surface area contributed by atoms with Crippen molar-refractivity contribution in [1.82, 2.24) is 9.47 Å². The van der Waals surface area contributed by atoms with Crippen LogP contribution < -0.4 is 0 Å². The van der Waals surface area contributed by atoms with Crippen molar-refractivity contribution in [2.24, 2.45) is 0 Å². The first kappa shape index (κ1) is 15.1. The number of hydrogen-bond acceptors (Lipinski definition) is 2. The molecule has 0 unspecified atom stereocenters. The number of carboxylic acids is 1. The van der Waals surface area contributed by atoms with Gasteiger partial charge >= 0.3 is 5.97 Å². The Kier molecular flexibility index (Phi) is 4.21. The molecule has 1 aliphatic heterocycles. The topological polar surface area (TPSA) is 45.5 Å². The average Bonchev–Trinajstić information content (AvgIpc) is 3.12. The van der Waals surface area contributed by atoms with E-state index >= 15 is 0 Å².